The van der Waals surface area contributed by atoms with Crippen molar-refractivity contribution in [3.63, 3.8) is 0 Å². The topological polar surface area (TPSA) is 99.8 Å². The van der Waals surface area contributed by atoms with Gasteiger partial charge in [-0.05, 0) is 49.7 Å². The first-order chi connectivity index (χ1) is 12.1. The summed E-state index contributed by atoms with van der Waals surface area (Å²) in [5, 5.41) is 12.3. The predicted octanol–water partition coefficient (Wildman–Crippen LogP) is 2.74. The number of hydrogen-bond acceptors (Lipinski definition) is 4. The first-order valence-electron chi connectivity index (χ1n) is 8.09. The lowest BCUT2D eigenvalue weighted by Crippen LogP contribution is -2.31. The summed E-state index contributed by atoms with van der Waals surface area (Å²) in [6.45, 7) is 3.97. The van der Waals surface area contributed by atoms with E-state index >= 15 is 0 Å². The number of carbonyl (C=O) groups excluding carboxylic acids is 2. The van der Waals surface area contributed by atoms with Crippen molar-refractivity contribution in [2.45, 2.75) is 26.3 Å². The number of benzene rings is 1. The van der Waals surface area contributed by atoms with Crippen LogP contribution in [-0.4, -0.2) is 33.0 Å². The molecule has 0 aliphatic heterocycles. The molecular formula is C18H19N5O2. The third-order valence-corrected chi connectivity index (χ3v) is 3.92. The van der Waals surface area contributed by atoms with E-state index in [2.05, 4.69) is 25.8 Å². The monoisotopic (exact) mass is 337 g/mol. The Morgan fingerprint density at radius 1 is 1.12 bits per heavy atom. The van der Waals surface area contributed by atoms with Gasteiger partial charge in [-0.2, -0.15) is 5.10 Å². The number of pyridine rings is 1. The third-order valence-electron chi connectivity index (χ3n) is 3.92. The fourth-order valence-corrected chi connectivity index (χ4v) is 2.27. The van der Waals surface area contributed by atoms with Crippen molar-refractivity contribution >= 4 is 28.5 Å². The highest BCUT2D eigenvalue weighted by Gasteiger charge is 2.11. The maximum absolute atomic E-state index is 12.3. The van der Waals surface area contributed by atoms with Gasteiger partial charge in [0.2, 0.25) is 0 Å². The van der Waals surface area contributed by atoms with Crippen LogP contribution in [0.3, 0.4) is 0 Å². The molecule has 2 amide bonds. The molecule has 0 saturated carbocycles. The van der Waals surface area contributed by atoms with Crippen molar-refractivity contribution in [2.75, 3.05) is 5.32 Å². The Hall–Kier alpha value is -3.22. The Morgan fingerprint density at radius 3 is 2.60 bits per heavy atom. The lowest BCUT2D eigenvalue weighted by molar-refractivity contribution is 0.0938. The van der Waals surface area contributed by atoms with E-state index in [-0.39, 0.29) is 17.9 Å². The molecule has 0 aliphatic carbocycles. The molecule has 3 rings (SSSR count). The number of nitrogens with one attached hydrogen (secondary N) is 3. The van der Waals surface area contributed by atoms with E-state index in [9.17, 15) is 9.59 Å². The molecule has 1 unspecified atom stereocenters. The molecule has 2 aromatic heterocycles. The van der Waals surface area contributed by atoms with E-state index in [1.165, 1.54) is 0 Å². The molecule has 0 aliphatic rings. The molecule has 0 fully saturated rings. The Bertz CT molecular complexity index is 901. The fraction of sp³-hybridized carbons (Fsp3) is 0.222. The Kier molecular flexibility index (Phi) is 4.74. The van der Waals surface area contributed by atoms with Gasteiger partial charge in [0.25, 0.3) is 11.8 Å². The molecule has 2 heterocycles. The Balaban J connectivity index is 1.68. The van der Waals surface area contributed by atoms with Crippen molar-refractivity contribution in [1.29, 1.82) is 0 Å². The normalized spacial score (nSPS) is 11.9. The zero-order valence-corrected chi connectivity index (χ0v) is 14.0. The number of aromatic amines is 1. The zero-order chi connectivity index (χ0) is 17.8. The average Bonchev–Trinajstić information content (AvgIpc) is 3.09. The number of hydrogen-bond donors (Lipinski definition) is 3. The molecule has 3 aromatic rings. The van der Waals surface area contributed by atoms with E-state index in [1.54, 1.807) is 42.6 Å². The smallest absolute Gasteiger partial charge is 0.274 e. The van der Waals surface area contributed by atoms with Crippen molar-refractivity contribution in [3.05, 3.63) is 53.9 Å². The standard InChI is InChI=1S/C18H19N5O2/c1-3-11(2)20-17(24)12-4-6-13(7-5-12)21-18(25)15-9-8-14-16(22-15)10-19-23-14/h4-11H,3H2,1-2H3,(H,19,23)(H,20,24)(H,21,25). The minimum atomic E-state index is -0.320. The van der Waals surface area contributed by atoms with E-state index in [4.69, 9.17) is 0 Å². The van der Waals surface area contributed by atoms with Gasteiger partial charge in [-0.3, -0.25) is 14.7 Å². The summed E-state index contributed by atoms with van der Waals surface area (Å²) in [6.07, 6.45) is 2.44. The van der Waals surface area contributed by atoms with Gasteiger partial charge < -0.3 is 10.6 Å². The molecule has 0 saturated heterocycles. The quantitative estimate of drug-likeness (QED) is 0.666. The summed E-state index contributed by atoms with van der Waals surface area (Å²) in [6, 6.07) is 10.3. The molecule has 1 atom stereocenters. The maximum atomic E-state index is 12.3. The van der Waals surface area contributed by atoms with Crippen LogP contribution in [0, 0.1) is 0 Å². The lowest BCUT2D eigenvalue weighted by atomic mass is 10.1. The highest BCUT2D eigenvalue weighted by atomic mass is 16.2. The number of amides is 2. The number of rotatable bonds is 5. The molecule has 1 aromatic carbocycles. The van der Waals surface area contributed by atoms with Gasteiger partial charge >= 0.3 is 0 Å². The second kappa shape index (κ2) is 7.12. The van der Waals surface area contributed by atoms with Gasteiger partial charge in [0.15, 0.2) is 0 Å². The number of fused-ring (bicyclic) bond motifs is 1. The van der Waals surface area contributed by atoms with Gasteiger partial charge in [0.1, 0.15) is 11.2 Å². The van der Waals surface area contributed by atoms with Gasteiger partial charge in [-0.25, -0.2) is 4.98 Å². The molecular weight excluding hydrogens is 318 g/mol. The van der Waals surface area contributed by atoms with Gasteiger partial charge in [-0.15, -0.1) is 0 Å². The van der Waals surface area contributed by atoms with Crippen LogP contribution in [0.2, 0.25) is 0 Å². The van der Waals surface area contributed by atoms with Crippen LogP contribution in [0.4, 0.5) is 5.69 Å². The Labute approximate surface area is 144 Å². The first-order valence-corrected chi connectivity index (χ1v) is 8.09. The van der Waals surface area contributed by atoms with Crippen molar-refractivity contribution < 1.29 is 9.59 Å². The summed E-state index contributed by atoms with van der Waals surface area (Å²) in [7, 11) is 0. The van der Waals surface area contributed by atoms with Crippen LogP contribution < -0.4 is 10.6 Å². The SMILES string of the molecule is CCC(C)NC(=O)c1ccc(NC(=O)c2ccc3[nH]ncc3n2)cc1. The first kappa shape index (κ1) is 16.6. The van der Waals surface area contributed by atoms with Gasteiger partial charge in [0, 0.05) is 17.3 Å². The number of aromatic nitrogens is 3. The van der Waals surface area contributed by atoms with Crippen LogP contribution in [0.25, 0.3) is 11.0 Å². The highest BCUT2D eigenvalue weighted by molar-refractivity contribution is 6.04. The van der Waals surface area contributed by atoms with E-state index in [0.717, 1.165) is 11.9 Å². The number of H-pyrrole nitrogens is 1. The minimum Gasteiger partial charge on any atom is -0.350 e. The largest absolute Gasteiger partial charge is 0.350 e. The van der Waals surface area contributed by atoms with Crippen molar-refractivity contribution in [1.82, 2.24) is 20.5 Å². The summed E-state index contributed by atoms with van der Waals surface area (Å²) in [5.41, 5.74) is 2.85. The molecule has 0 spiro atoms. The summed E-state index contributed by atoms with van der Waals surface area (Å²) < 4.78 is 0. The second-order valence-corrected chi connectivity index (χ2v) is 5.81. The summed E-state index contributed by atoms with van der Waals surface area (Å²) in [5.74, 6) is -0.445. The van der Waals surface area contributed by atoms with Crippen molar-refractivity contribution in [3.8, 4) is 0 Å². The molecule has 0 bridgehead atoms. The molecule has 7 nitrogen and oxygen atoms in total. The van der Waals surface area contributed by atoms with Crippen LogP contribution in [0.5, 0.6) is 0 Å². The molecule has 7 heteroatoms. The zero-order valence-electron chi connectivity index (χ0n) is 14.0. The minimum absolute atomic E-state index is 0.121. The fourth-order valence-electron chi connectivity index (χ4n) is 2.27. The second-order valence-electron chi connectivity index (χ2n) is 5.81. The predicted molar refractivity (Wildman–Crippen MR) is 95.5 cm³/mol. The van der Waals surface area contributed by atoms with E-state index in [1.807, 2.05) is 13.8 Å². The van der Waals surface area contributed by atoms with E-state index in [0.29, 0.717) is 22.5 Å². The van der Waals surface area contributed by atoms with Crippen LogP contribution in [-0.2, 0) is 0 Å². The molecule has 128 valence electrons. The average molecular weight is 337 g/mol. The molecule has 3 N–H and O–H groups in total. The van der Waals surface area contributed by atoms with Crippen LogP contribution in [0.15, 0.2) is 42.6 Å². The van der Waals surface area contributed by atoms with Crippen molar-refractivity contribution in [2.24, 2.45) is 0 Å². The van der Waals surface area contributed by atoms with Gasteiger partial charge in [0.05, 0.1) is 11.7 Å². The van der Waals surface area contributed by atoms with E-state index < -0.39 is 0 Å². The number of carbonyl (C=O) groups is 2. The summed E-state index contributed by atoms with van der Waals surface area (Å²) >= 11 is 0. The van der Waals surface area contributed by atoms with Crippen LogP contribution in [0.1, 0.15) is 41.1 Å². The number of nitrogens with zero attached hydrogens (tertiary/aromatic N) is 2. The van der Waals surface area contributed by atoms with Gasteiger partial charge in [-0.1, -0.05) is 6.92 Å². The maximum Gasteiger partial charge on any atom is 0.274 e. The molecule has 25 heavy (non-hydrogen) atoms. The summed E-state index contributed by atoms with van der Waals surface area (Å²) in [4.78, 5) is 28.6. The van der Waals surface area contributed by atoms with Crippen LogP contribution >= 0.6 is 0 Å². The highest BCUT2D eigenvalue weighted by Crippen LogP contribution is 2.13. The lowest BCUT2D eigenvalue weighted by Gasteiger charge is -2.11. The Morgan fingerprint density at radius 2 is 1.88 bits per heavy atom. The third kappa shape index (κ3) is 3.82. The number of anilines is 1. The molecule has 0 radical (unpaired) electrons.